The highest BCUT2D eigenvalue weighted by Gasteiger charge is 2.12. The summed E-state index contributed by atoms with van der Waals surface area (Å²) in [5.41, 5.74) is 0.517. The molecule has 1 heterocycles. The van der Waals surface area contributed by atoms with Gasteiger partial charge in [0, 0.05) is 12.0 Å². The molecule has 86 valence electrons. The molecule has 0 aliphatic rings. The molecule has 2 aromatic rings. The number of nitrogens with zero attached hydrogens (tertiary/aromatic N) is 4. The summed E-state index contributed by atoms with van der Waals surface area (Å²) >= 11 is 0. The number of rotatable bonds is 3. The first-order valence-corrected chi connectivity index (χ1v) is 5.06. The van der Waals surface area contributed by atoms with Crippen LogP contribution in [0.2, 0.25) is 0 Å². The molecule has 0 radical (unpaired) electrons. The van der Waals surface area contributed by atoms with E-state index < -0.39 is 5.82 Å². The molecule has 0 fully saturated rings. The van der Waals surface area contributed by atoms with Gasteiger partial charge in [0.25, 0.3) is 0 Å². The zero-order valence-corrected chi connectivity index (χ0v) is 9.09. The van der Waals surface area contributed by atoms with E-state index in [4.69, 9.17) is 0 Å². The second-order valence-electron chi connectivity index (χ2n) is 3.34. The van der Waals surface area contributed by atoms with E-state index in [1.807, 2.05) is 0 Å². The van der Waals surface area contributed by atoms with Crippen LogP contribution in [0.5, 0.6) is 0 Å². The van der Waals surface area contributed by atoms with Crippen LogP contribution in [0, 0.1) is 5.82 Å². The van der Waals surface area contributed by atoms with E-state index in [0.29, 0.717) is 5.56 Å². The van der Waals surface area contributed by atoms with Crippen LogP contribution in [0.25, 0.3) is 11.4 Å². The Morgan fingerprint density at radius 3 is 2.59 bits per heavy atom. The summed E-state index contributed by atoms with van der Waals surface area (Å²) in [7, 11) is 0. The van der Waals surface area contributed by atoms with Crippen molar-refractivity contribution in [2.24, 2.45) is 0 Å². The van der Waals surface area contributed by atoms with Gasteiger partial charge in [0.1, 0.15) is 5.82 Å². The first-order chi connectivity index (χ1) is 8.22. The molecular weight excluding hydrogens is 222 g/mol. The van der Waals surface area contributed by atoms with Gasteiger partial charge in [0.2, 0.25) is 5.82 Å². The van der Waals surface area contributed by atoms with Gasteiger partial charge in [-0.2, -0.15) is 0 Å². The fraction of sp³-hybridized carbons (Fsp3) is 0.182. The van der Waals surface area contributed by atoms with E-state index in [1.165, 1.54) is 18.5 Å². The molecule has 2 rings (SSSR count). The first kappa shape index (κ1) is 11.3. The number of halogens is 1. The Labute approximate surface area is 96.7 Å². The smallest absolute Gasteiger partial charge is 0.203 e. The molecule has 0 aliphatic heterocycles. The van der Waals surface area contributed by atoms with Crippen LogP contribution >= 0.6 is 0 Å². The molecule has 0 aliphatic carbocycles. The Bertz CT molecular complexity index is 544. The number of carbonyl (C=O) groups excluding carboxylic acids is 1. The number of carbonyl (C=O) groups is 1. The van der Waals surface area contributed by atoms with Crippen LogP contribution in [0.15, 0.2) is 24.5 Å². The molecule has 0 saturated heterocycles. The maximum Gasteiger partial charge on any atom is 0.203 e. The lowest BCUT2D eigenvalue weighted by Crippen LogP contribution is -2.01. The Morgan fingerprint density at radius 1 is 1.29 bits per heavy atom. The summed E-state index contributed by atoms with van der Waals surface area (Å²) in [6, 6.07) is 4.21. The SMILES string of the molecule is CCC(=O)c1ccc(-c2nncnn2)cc1[18F]. The lowest BCUT2D eigenvalue weighted by atomic mass is 10.1. The van der Waals surface area contributed by atoms with Crippen molar-refractivity contribution < 1.29 is 9.18 Å². The molecule has 1 aromatic carbocycles. The van der Waals surface area contributed by atoms with Gasteiger partial charge in [-0.15, -0.1) is 20.4 Å². The predicted molar refractivity (Wildman–Crippen MR) is 57.6 cm³/mol. The Balaban J connectivity index is 2.41. The molecule has 17 heavy (non-hydrogen) atoms. The molecule has 0 atom stereocenters. The van der Waals surface area contributed by atoms with Crippen LogP contribution in [-0.4, -0.2) is 26.2 Å². The van der Waals surface area contributed by atoms with Crippen molar-refractivity contribution in [3.05, 3.63) is 35.9 Å². The van der Waals surface area contributed by atoms with Crippen LogP contribution in [0.1, 0.15) is 23.7 Å². The summed E-state index contributed by atoms with van der Waals surface area (Å²) in [6.45, 7) is 1.68. The summed E-state index contributed by atoms with van der Waals surface area (Å²) in [4.78, 5) is 11.4. The number of Topliss-reactive ketones (excluding diaryl/α,β-unsaturated/α-hetero) is 1. The van der Waals surface area contributed by atoms with Gasteiger partial charge in [-0.1, -0.05) is 13.0 Å². The second kappa shape index (κ2) is 4.73. The molecule has 0 spiro atoms. The fourth-order valence-electron chi connectivity index (χ4n) is 1.39. The largest absolute Gasteiger partial charge is 0.294 e. The van der Waals surface area contributed by atoms with Gasteiger partial charge in [0.05, 0.1) is 5.56 Å². The van der Waals surface area contributed by atoms with Crippen LogP contribution in [0.4, 0.5) is 4.39 Å². The molecule has 0 N–H and O–H groups in total. The highest BCUT2D eigenvalue weighted by atomic mass is 18.2. The van der Waals surface area contributed by atoms with Gasteiger partial charge in [-0.05, 0) is 12.1 Å². The minimum Gasteiger partial charge on any atom is -0.294 e. The van der Waals surface area contributed by atoms with Crippen molar-refractivity contribution in [2.45, 2.75) is 13.3 Å². The molecule has 0 unspecified atom stereocenters. The van der Waals surface area contributed by atoms with Gasteiger partial charge in [-0.25, -0.2) is 4.39 Å². The first-order valence-electron chi connectivity index (χ1n) is 5.06. The zero-order chi connectivity index (χ0) is 12.3. The minimum absolute atomic E-state index is 0.0769. The summed E-state index contributed by atoms with van der Waals surface area (Å²) < 4.78 is 13.7. The molecular formula is C11H9FN4O. The standard InChI is InChI=1S/C11H9FN4O/c1-2-10(17)8-4-3-7(5-9(8)12)11-15-13-6-14-16-11/h3-6H,2H2,1H3/i12-1. The lowest BCUT2D eigenvalue weighted by molar-refractivity contribution is 0.0984. The van der Waals surface area contributed by atoms with Crippen molar-refractivity contribution in [1.29, 1.82) is 0 Å². The van der Waals surface area contributed by atoms with Gasteiger partial charge in [0.15, 0.2) is 12.1 Å². The van der Waals surface area contributed by atoms with Crippen molar-refractivity contribution >= 4 is 5.78 Å². The van der Waals surface area contributed by atoms with Crippen molar-refractivity contribution in [3.8, 4) is 11.4 Å². The fourth-order valence-corrected chi connectivity index (χ4v) is 1.39. The summed E-state index contributed by atoms with van der Waals surface area (Å²) in [5.74, 6) is -0.594. The van der Waals surface area contributed by atoms with E-state index in [1.54, 1.807) is 13.0 Å². The Morgan fingerprint density at radius 2 is 2.00 bits per heavy atom. The minimum atomic E-state index is -0.582. The molecule has 0 amide bonds. The third kappa shape index (κ3) is 2.30. The maximum absolute atomic E-state index is 13.7. The van der Waals surface area contributed by atoms with E-state index >= 15 is 0 Å². The van der Waals surface area contributed by atoms with Crippen molar-refractivity contribution in [1.82, 2.24) is 20.4 Å². The number of aromatic nitrogens is 4. The molecule has 0 bridgehead atoms. The number of hydrogen-bond acceptors (Lipinski definition) is 5. The number of ketones is 1. The quantitative estimate of drug-likeness (QED) is 0.751. The molecule has 1 aromatic heterocycles. The van der Waals surface area contributed by atoms with Gasteiger partial charge < -0.3 is 0 Å². The van der Waals surface area contributed by atoms with E-state index in [0.717, 1.165) is 0 Å². The van der Waals surface area contributed by atoms with Gasteiger partial charge >= 0.3 is 0 Å². The van der Waals surface area contributed by atoms with Crippen molar-refractivity contribution in [2.75, 3.05) is 0 Å². The lowest BCUT2D eigenvalue weighted by Gasteiger charge is -2.02. The van der Waals surface area contributed by atoms with E-state index in [2.05, 4.69) is 20.4 Å². The topological polar surface area (TPSA) is 68.6 Å². The highest BCUT2D eigenvalue weighted by molar-refractivity contribution is 5.96. The Hall–Kier alpha value is -2.24. The summed E-state index contributed by atoms with van der Waals surface area (Å²) in [6.07, 6.45) is 1.45. The third-order valence-corrected chi connectivity index (χ3v) is 2.26. The predicted octanol–water partition coefficient (Wildman–Crippen LogP) is 1.67. The molecule has 6 heteroatoms. The van der Waals surface area contributed by atoms with E-state index in [-0.39, 0.29) is 23.6 Å². The van der Waals surface area contributed by atoms with Crippen molar-refractivity contribution in [3.63, 3.8) is 0 Å². The average molecular weight is 231 g/mol. The maximum atomic E-state index is 13.7. The van der Waals surface area contributed by atoms with E-state index in [9.17, 15) is 9.18 Å². The normalized spacial score (nSPS) is 10.2. The molecule has 5 nitrogen and oxygen atoms in total. The number of hydrogen-bond donors (Lipinski definition) is 0. The number of benzene rings is 1. The Kier molecular flexibility index (Phi) is 3.13. The highest BCUT2D eigenvalue weighted by Crippen LogP contribution is 2.18. The van der Waals surface area contributed by atoms with Crippen LogP contribution < -0.4 is 0 Å². The zero-order valence-electron chi connectivity index (χ0n) is 9.09. The second-order valence-corrected chi connectivity index (χ2v) is 3.34. The average Bonchev–Trinajstić information content (AvgIpc) is 2.39. The monoisotopic (exact) mass is 231 g/mol. The van der Waals surface area contributed by atoms with Crippen LogP contribution in [-0.2, 0) is 0 Å². The van der Waals surface area contributed by atoms with Crippen LogP contribution in [0.3, 0.4) is 0 Å². The molecule has 0 saturated carbocycles. The summed E-state index contributed by atoms with van der Waals surface area (Å²) in [5, 5.41) is 14.5. The van der Waals surface area contributed by atoms with Gasteiger partial charge in [-0.3, -0.25) is 4.79 Å². The third-order valence-electron chi connectivity index (χ3n) is 2.26.